The van der Waals surface area contributed by atoms with Crippen LogP contribution < -0.4 is 10.5 Å². The first-order chi connectivity index (χ1) is 7.69. The van der Waals surface area contributed by atoms with Crippen molar-refractivity contribution in [3.8, 4) is 11.6 Å². The third-order valence-corrected chi connectivity index (χ3v) is 2.14. The minimum Gasteiger partial charge on any atom is -0.434 e. The Labute approximate surface area is 97.0 Å². The molecule has 0 radical (unpaired) electrons. The van der Waals surface area contributed by atoms with Gasteiger partial charge in [0.25, 0.3) is 0 Å². The largest absolute Gasteiger partial charge is 0.434 e. The quantitative estimate of drug-likeness (QED) is 0.882. The van der Waals surface area contributed by atoms with Crippen LogP contribution in [-0.4, -0.2) is 19.7 Å². The van der Waals surface area contributed by atoms with Crippen LogP contribution >= 0.6 is 11.6 Å². The van der Waals surface area contributed by atoms with Gasteiger partial charge in [-0.1, -0.05) is 11.6 Å². The Balaban J connectivity index is 2.22. The minimum atomic E-state index is 0.113. The first kappa shape index (κ1) is 10.7. The predicted molar refractivity (Wildman–Crippen MR) is 59.4 cm³/mol. The van der Waals surface area contributed by atoms with Crippen LogP contribution in [0.5, 0.6) is 11.6 Å². The van der Waals surface area contributed by atoms with Crippen LogP contribution in [0.25, 0.3) is 0 Å². The number of nitrogens with two attached hydrogens (primary N) is 1. The molecule has 0 fully saturated rings. The van der Waals surface area contributed by atoms with Gasteiger partial charge in [0.1, 0.15) is 5.02 Å². The van der Waals surface area contributed by atoms with E-state index in [-0.39, 0.29) is 11.8 Å². The van der Waals surface area contributed by atoms with Gasteiger partial charge in [0.2, 0.25) is 11.8 Å². The van der Waals surface area contributed by atoms with Gasteiger partial charge in [0.05, 0.1) is 18.6 Å². The van der Waals surface area contributed by atoms with Gasteiger partial charge in [0, 0.05) is 6.54 Å². The van der Waals surface area contributed by atoms with Gasteiger partial charge in [-0.3, -0.25) is 4.68 Å². The van der Waals surface area contributed by atoms with Gasteiger partial charge in [-0.05, 0) is 6.92 Å². The summed E-state index contributed by atoms with van der Waals surface area (Å²) in [5, 5.41) is 4.36. The van der Waals surface area contributed by atoms with Crippen molar-refractivity contribution in [3.63, 3.8) is 0 Å². The zero-order valence-electron chi connectivity index (χ0n) is 8.59. The van der Waals surface area contributed by atoms with Gasteiger partial charge in [-0.2, -0.15) is 10.1 Å². The Bertz CT molecular complexity index is 498. The van der Waals surface area contributed by atoms with Crippen molar-refractivity contribution < 1.29 is 4.74 Å². The maximum atomic E-state index is 5.85. The summed E-state index contributed by atoms with van der Waals surface area (Å²) in [4.78, 5) is 7.61. The number of nitrogens with zero attached hydrogens (tertiary/aromatic N) is 4. The highest BCUT2D eigenvalue weighted by molar-refractivity contribution is 6.31. The standard InChI is InChI=1S/C9H10ClN5O/c1-2-15-5-6(3-13-15)16-8-7(10)4-12-9(11)14-8/h3-5H,2H2,1H3,(H2,11,12,14). The number of nitrogen functional groups attached to an aromatic ring is 1. The average Bonchev–Trinajstić information content (AvgIpc) is 2.71. The Morgan fingerprint density at radius 2 is 2.31 bits per heavy atom. The summed E-state index contributed by atoms with van der Waals surface area (Å²) in [5.41, 5.74) is 5.43. The summed E-state index contributed by atoms with van der Waals surface area (Å²) in [6.45, 7) is 2.75. The molecule has 0 bridgehead atoms. The maximum Gasteiger partial charge on any atom is 0.243 e. The summed E-state index contributed by atoms with van der Waals surface area (Å²) >= 11 is 5.85. The summed E-state index contributed by atoms with van der Waals surface area (Å²) in [5.74, 6) is 0.897. The molecule has 16 heavy (non-hydrogen) atoms. The third-order valence-electron chi connectivity index (χ3n) is 1.88. The monoisotopic (exact) mass is 239 g/mol. The summed E-state index contributed by atoms with van der Waals surface area (Å²) in [6.07, 6.45) is 4.72. The van der Waals surface area contributed by atoms with E-state index >= 15 is 0 Å². The Morgan fingerprint density at radius 1 is 1.50 bits per heavy atom. The fourth-order valence-electron chi connectivity index (χ4n) is 1.12. The van der Waals surface area contributed by atoms with Crippen molar-refractivity contribution in [2.75, 3.05) is 5.73 Å². The number of aryl methyl sites for hydroxylation is 1. The van der Waals surface area contributed by atoms with Gasteiger partial charge >= 0.3 is 0 Å². The Kier molecular flexibility index (Phi) is 2.91. The van der Waals surface area contributed by atoms with Crippen molar-refractivity contribution in [2.24, 2.45) is 0 Å². The minimum absolute atomic E-state index is 0.113. The zero-order chi connectivity index (χ0) is 11.5. The summed E-state index contributed by atoms with van der Waals surface area (Å²) < 4.78 is 7.16. The molecule has 2 aromatic heterocycles. The lowest BCUT2D eigenvalue weighted by Gasteiger charge is -2.03. The van der Waals surface area contributed by atoms with Crippen LogP contribution in [0.15, 0.2) is 18.6 Å². The predicted octanol–water partition coefficient (Wildman–Crippen LogP) is 1.72. The summed E-state index contributed by atoms with van der Waals surface area (Å²) in [6, 6.07) is 0. The molecule has 0 saturated heterocycles. The fraction of sp³-hybridized carbons (Fsp3) is 0.222. The number of anilines is 1. The lowest BCUT2D eigenvalue weighted by molar-refractivity contribution is 0.461. The van der Waals surface area contributed by atoms with Crippen LogP contribution in [0.4, 0.5) is 5.95 Å². The average molecular weight is 240 g/mol. The molecule has 0 aromatic carbocycles. The number of hydrogen-bond donors (Lipinski definition) is 1. The highest BCUT2D eigenvalue weighted by atomic mass is 35.5. The molecule has 7 heteroatoms. The van der Waals surface area contributed by atoms with E-state index in [9.17, 15) is 0 Å². The molecule has 0 unspecified atom stereocenters. The van der Waals surface area contributed by atoms with E-state index in [1.54, 1.807) is 17.1 Å². The normalized spacial score (nSPS) is 10.4. The zero-order valence-corrected chi connectivity index (χ0v) is 9.35. The molecular weight excluding hydrogens is 230 g/mol. The molecule has 0 aliphatic rings. The van der Waals surface area contributed by atoms with E-state index in [4.69, 9.17) is 22.1 Å². The second kappa shape index (κ2) is 4.36. The van der Waals surface area contributed by atoms with E-state index in [0.717, 1.165) is 6.54 Å². The molecule has 2 N–H and O–H groups in total. The molecule has 0 spiro atoms. The highest BCUT2D eigenvalue weighted by Gasteiger charge is 2.07. The van der Waals surface area contributed by atoms with Gasteiger partial charge in [-0.25, -0.2) is 4.98 Å². The number of hydrogen-bond acceptors (Lipinski definition) is 5. The Morgan fingerprint density at radius 3 is 3.00 bits per heavy atom. The summed E-state index contributed by atoms with van der Waals surface area (Å²) in [7, 11) is 0. The molecule has 0 aliphatic carbocycles. The van der Waals surface area contributed by atoms with E-state index in [0.29, 0.717) is 10.8 Å². The Hall–Kier alpha value is -1.82. The third kappa shape index (κ3) is 2.22. The van der Waals surface area contributed by atoms with Crippen molar-refractivity contribution in [3.05, 3.63) is 23.6 Å². The van der Waals surface area contributed by atoms with Crippen LogP contribution in [0.2, 0.25) is 5.02 Å². The smallest absolute Gasteiger partial charge is 0.243 e. The van der Waals surface area contributed by atoms with Crippen molar-refractivity contribution in [1.29, 1.82) is 0 Å². The molecule has 84 valence electrons. The number of halogens is 1. The van der Waals surface area contributed by atoms with E-state index in [2.05, 4.69) is 15.1 Å². The second-order valence-electron chi connectivity index (χ2n) is 3.02. The first-order valence-electron chi connectivity index (χ1n) is 4.67. The van der Waals surface area contributed by atoms with E-state index < -0.39 is 0 Å². The number of rotatable bonds is 3. The van der Waals surface area contributed by atoms with Gasteiger partial charge < -0.3 is 10.5 Å². The molecular formula is C9H10ClN5O. The van der Waals surface area contributed by atoms with Crippen LogP contribution in [0.1, 0.15) is 6.92 Å². The first-order valence-corrected chi connectivity index (χ1v) is 5.05. The lowest BCUT2D eigenvalue weighted by atomic mass is 10.6. The molecule has 0 aliphatic heterocycles. The van der Waals surface area contributed by atoms with Gasteiger partial charge in [-0.15, -0.1) is 0 Å². The molecule has 6 nitrogen and oxygen atoms in total. The molecule has 2 heterocycles. The van der Waals surface area contributed by atoms with Crippen LogP contribution in [0, 0.1) is 0 Å². The maximum absolute atomic E-state index is 5.85. The van der Waals surface area contributed by atoms with E-state index in [1.807, 2.05) is 6.92 Å². The van der Waals surface area contributed by atoms with Gasteiger partial charge in [0.15, 0.2) is 5.75 Å². The topological polar surface area (TPSA) is 78.9 Å². The lowest BCUT2D eigenvalue weighted by Crippen LogP contribution is -1.97. The SMILES string of the molecule is CCn1cc(Oc2nc(N)ncc2Cl)cn1. The molecule has 0 amide bonds. The van der Waals surface area contributed by atoms with Crippen LogP contribution in [0.3, 0.4) is 0 Å². The second-order valence-corrected chi connectivity index (χ2v) is 3.42. The molecule has 0 atom stereocenters. The molecule has 0 saturated carbocycles. The highest BCUT2D eigenvalue weighted by Crippen LogP contribution is 2.26. The fourth-order valence-corrected chi connectivity index (χ4v) is 1.25. The number of ether oxygens (including phenoxy) is 1. The molecule has 2 aromatic rings. The van der Waals surface area contributed by atoms with Crippen LogP contribution in [-0.2, 0) is 6.54 Å². The molecule has 2 rings (SSSR count). The van der Waals surface area contributed by atoms with Crippen molar-refractivity contribution in [2.45, 2.75) is 13.5 Å². The number of aromatic nitrogens is 4. The van der Waals surface area contributed by atoms with Crippen molar-refractivity contribution >= 4 is 17.5 Å². The van der Waals surface area contributed by atoms with Crippen molar-refractivity contribution in [1.82, 2.24) is 19.7 Å². The van der Waals surface area contributed by atoms with E-state index in [1.165, 1.54) is 6.20 Å².